The maximum atomic E-state index is 11.1. The number of nitro benzene ring substituents is 1. The Morgan fingerprint density at radius 2 is 2.20 bits per heavy atom. The molecule has 0 radical (unpaired) electrons. The standard InChI is InChI=1S/C15H22N2O3/c1-11(2)7-8-20-15-6-5-13(10-16-12(3)4)9-14(15)17(18)19/h5-6,9,12,16H,1,7-8,10H2,2-4H3. The lowest BCUT2D eigenvalue weighted by Gasteiger charge is -2.10. The Balaban J connectivity index is 2.79. The summed E-state index contributed by atoms with van der Waals surface area (Å²) in [5.74, 6) is 0.310. The van der Waals surface area contributed by atoms with E-state index in [0.717, 1.165) is 11.1 Å². The lowest BCUT2D eigenvalue weighted by molar-refractivity contribution is -0.385. The molecule has 5 heteroatoms. The van der Waals surface area contributed by atoms with E-state index in [1.165, 1.54) is 0 Å². The van der Waals surface area contributed by atoms with Gasteiger partial charge in [-0.2, -0.15) is 0 Å². The lowest BCUT2D eigenvalue weighted by Crippen LogP contribution is -2.21. The molecule has 1 aromatic carbocycles. The minimum atomic E-state index is -0.408. The van der Waals surface area contributed by atoms with Crippen LogP contribution in [0, 0.1) is 10.1 Å². The van der Waals surface area contributed by atoms with E-state index in [4.69, 9.17) is 4.74 Å². The molecule has 0 bridgehead atoms. The molecule has 110 valence electrons. The Bertz CT molecular complexity index is 484. The van der Waals surface area contributed by atoms with Crippen LogP contribution in [0.15, 0.2) is 30.4 Å². The van der Waals surface area contributed by atoms with E-state index in [1.807, 2.05) is 26.8 Å². The zero-order chi connectivity index (χ0) is 15.1. The Kier molecular flexibility index (Phi) is 6.18. The summed E-state index contributed by atoms with van der Waals surface area (Å²) >= 11 is 0. The zero-order valence-corrected chi connectivity index (χ0v) is 12.3. The second-order valence-electron chi connectivity index (χ2n) is 5.15. The fourth-order valence-electron chi connectivity index (χ4n) is 1.59. The fraction of sp³-hybridized carbons (Fsp3) is 0.467. The van der Waals surface area contributed by atoms with Gasteiger partial charge in [-0.3, -0.25) is 10.1 Å². The van der Waals surface area contributed by atoms with Crippen LogP contribution in [0.1, 0.15) is 32.8 Å². The summed E-state index contributed by atoms with van der Waals surface area (Å²) in [6.07, 6.45) is 0.688. The third kappa shape index (κ3) is 5.40. The molecule has 0 aliphatic heterocycles. The monoisotopic (exact) mass is 278 g/mol. The topological polar surface area (TPSA) is 64.4 Å². The number of rotatable bonds is 8. The predicted molar refractivity (Wildman–Crippen MR) is 80.0 cm³/mol. The minimum absolute atomic E-state index is 0.00905. The highest BCUT2D eigenvalue weighted by atomic mass is 16.6. The van der Waals surface area contributed by atoms with Gasteiger partial charge in [-0.1, -0.05) is 25.5 Å². The van der Waals surface area contributed by atoms with Crippen molar-refractivity contribution in [1.29, 1.82) is 0 Å². The van der Waals surface area contributed by atoms with Crippen LogP contribution < -0.4 is 10.1 Å². The van der Waals surface area contributed by atoms with E-state index < -0.39 is 4.92 Å². The van der Waals surface area contributed by atoms with Gasteiger partial charge in [-0.05, 0) is 18.6 Å². The first kappa shape index (κ1) is 16.2. The van der Waals surface area contributed by atoms with Crippen LogP contribution in [0.5, 0.6) is 5.75 Å². The number of hydrogen-bond acceptors (Lipinski definition) is 4. The van der Waals surface area contributed by atoms with E-state index in [0.29, 0.717) is 31.4 Å². The molecule has 0 saturated carbocycles. The van der Waals surface area contributed by atoms with Crippen molar-refractivity contribution in [3.8, 4) is 5.75 Å². The second-order valence-corrected chi connectivity index (χ2v) is 5.15. The number of nitro groups is 1. The Labute approximate surface area is 119 Å². The summed E-state index contributed by atoms with van der Waals surface area (Å²) in [5, 5.41) is 14.3. The van der Waals surface area contributed by atoms with E-state index >= 15 is 0 Å². The summed E-state index contributed by atoms with van der Waals surface area (Å²) in [5.41, 5.74) is 1.87. The van der Waals surface area contributed by atoms with Crippen LogP contribution in [-0.4, -0.2) is 17.6 Å². The van der Waals surface area contributed by atoms with Gasteiger partial charge in [0.25, 0.3) is 0 Å². The number of ether oxygens (including phenoxy) is 1. The summed E-state index contributed by atoms with van der Waals surface area (Å²) in [7, 11) is 0. The van der Waals surface area contributed by atoms with Crippen molar-refractivity contribution in [2.75, 3.05) is 6.61 Å². The molecule has 0 atom stereocenters. The molecule has 0 unspecified atom stereocenters. The summed E-state index contributed by atoms with van der Waals surface area (Å²) < 4.78 is 5.47. The Hall–Kier alpha value is -1.88. The maximum Gasteiger partial charge on any atom is 0.311 e. The van der Waals surface area contributed by atoms with Gasteiger partial charge in [0.05, 0.1) is 11.5 Å². The molecule has 0 fully saturated rings. The van der Waals surface area contributed by atoms with Gasteiger partial charge < -0.3 is 10.1 Å². The Morgan fingerprint density at radius 3 is 2.75 bits per heavy atom. The molecule has 0 spiro atoms. The summed E-state index contributed by atoms with van der Waals surface area (Å²) in [6, 6.07) is 5.40. The highest BCUT2D eigenvalue weighted by Crippen LogP contribution is 2.28. The van der Waals surface area contributed by atoms with Crippen molar-refractivity contribution in [3.05, 3.63) is 46.0 Å². The molecule has 1 aromatic rings. The normalized spacial score (nSPS) is 10.6. The molecule has 0 aromatic heterocycles. The second kappa shape index (κ2) is 7.65. The van der Waals surface area contributed by atoms with Gasteiger partial charge >= 0.3 is 5.69 Å². The predicted octanol–water partition coefficient (Wildman–Crippen LogP) is 3.44. The first-order valence-electron chi connectivity index (χ1n) is 6.68. The van der Waals surface area contributed by atoms with Gasteiger partial charge in [0.2, 0.25) is 0 Å². The molecule has 0 aliphatic carbocycles. The third-order valence-corrected chi connectivity index (χ3v) is 2.72. The molecule has 0 heterocycles. The molecule has 0 amide bonds. The van der Waals surface area contributed by atoms with E-state index in [1.54, 1.807) is 12.1 Å². The van der Waals surface area contributed by atoms with Gasteiger partial charge in [0, 0.05) is 25.1 Å². The molecule has 0 saturated heterocycles. The molecule has 0 aliphatic rings. The number of nitrogens with one attached hydrogen (secondary N) is 1. The average molecular weight is 278 g/mol. The smallest absolute Gasteiger partial charge is 0.311 e. The largest absolute Gasteiger partial charge is 0.486 e. The highest BCUT2D eigenvalue weighted by molar-refractivity contribution is 5.48. The molecule has 1 rings (SSSR count). The van der Waals surface area contributed by atoms with Crippen LogP contribution in [-0.2, 0) is 6.54 Å². The highest BCUT2D eigenvalue weighted by Gasteiger charge is 2.16. The first-order valence-corrected chi connectivity index (χ1v) is 6.68. The third-order valence-electron chi connectivity index (χ3n) is 2.72. The number of hydrogen-bond donors (Lipinski definition) is 1. The van der Waals surface area contributed by atoms with Gasteiger partial charge in [0.1, 0.15) is 0 Å². The molecular weight excluding hydrogens is 256 g/mol. The number of benzene rings is 1. The van der Waals surface area contributed by atoms with Crippen molar-refractivity contribution < 1.29 is 9.66 Å². The molecule has 5 nitrogen and oxygen atoms in total. The van der Waals surface area contributed by atoms with Gasteiger partial charge in [0.15, 0.2) is 5.75 Å². The van der Waals surface area contributed by atoms with Crippen LogP contribution in [0.3, 0.4) is 0 Å². The molecular formula is C15H22N2O3. The maximum absolute atomic E-state index is 11.1. The number of nitrogens with zero attached hydrogens (tertiary/aromatic N) is 1. The molecule has 1 N–H and O–H groups in total. The van der Waals surface area contributed by atoms with Crippen molar-refractivity contribution in [3.63, 3.8) is 0 Å². The molecule has 20 heavy (non-hydrogen) atoms. The first-order chi connectivity index (χ1) is 9.40. The Morgan fingerprint density at radius 1 is 1.50 bits per heavy atom. The summed E-state index contributed by atoms with van der Waals surface area (Å²) in [4.78, 5) is 10.7. The average Bonchev–Trinajstić information content (AvgIpc) is 2.36. The van der Waals surface area contributed by atoms with E-state index in [-0.39, 0.29) is 5.69 Å². The van der Waals surface area contributed by atoms with Gasteiger partial charge in [-0.15, -0.1) is 6.58 Å². The van der Waals surface area contributed by atoms with E-state index in [2.05, 4.69) is 11.9 Å². The van der Waals surface area contributed by atoms with Crippen LogP contribution in [0.25, 0.3) is 0 Å². The zero-order valence-electron chi connectivity index (χ0n) is 12.3. The van der Waals surface area contributed by atoms with Crippen molar-refractivity contribution in [2.24, 2.45) is 0 Å². The quantitative estimate of drug-likeness (QED) is 0.449. The van der Waals surface area contributed by atoms with Crippen molar-refractivity contribution in [1.82, 2.24) is 5.32 Å². The fourth-order valence-corrected chi connectivity index (χ4v) is 1.59. The van der Waals surface area contributed by atoms with E-state index in [9.17, 15) is 10.1 Å². The van der Waals surface area contributed by atoms with Crippen molar-refractivity contribution in [2.45, 2.75) is 39.8 Å². The SMILES string of the molecule is C=C(C)CCOc1ccc(CNC(C)C)cc1[N+](=O)[O-]. The summed E-state index contributed by atoms with van der Waals surface area (Å²) in [6.45, 7) is 10.7. The van der Waals surface area contributed by atoms with Gasteiger partial charge in [-0.25, -0.2) is 0 Å². The minimum Gasteiger partial charge on any atom is -0.486 e. The van der Waals surface area contributed by atoms with Crippen LogP contribution in [0.2, 0.25) is 0 Å². The van der Waals surface area contributed by atoms with Crippen LogP contribution >= 0.6 is 0 Å². The van der Waals surface area contributed by atoms with Crippen molar-refractivity contribution >= 4 is 5.69 Å². The van der Waals surface area contributed by atoms with Crippen LogP contribution in [0.4, 0.5) is 5.69 Å². The lowest BCUT2D eigenvalue weighted by atomic mass is 10.1.